The van der Waals surface area contributed by atoms with Crippen LogP contribution in [0.3, 0.4) is 0 Å². The van der Waals surface area contributed by atoms with Crippen molar-refractivity contribution in [3.05, 3.63) is 0 Å². The lowest BCUT2D eigenvalue weighted by molar-refractivity contribution is 0.106. The maximum Gasteiger partial charge on any atom is 0.0791 e. The second kappa shape index (κ2) is 5.69. The number of likely N-dealkylation sites (tertiary alicyclic amines) is 1. The van der Waals surface area contributed by atoms with Crippen molar-refractivity contribution in [1.29, 1.82) is 0 Å². The second-order valence-electron chi connectivity index (χ2n) is 4.70. The molecule has 1 fully saturated rings. The van der Waals surface area contributed by atoms with Gasteiger partial charge in [-0.2, -0.15) is 0 Å². The van der Waals surface area contributed by atoms with Crippen LogP contribution in [0.2, 0.25) is 0 Å². The zero-order chi connectivity index (χ0) is 10.6. The summed E-state index contributed by atoms with van der Waals surface area (Å²) in [5, 5.41) is 13.0. The minimum absolute atomic E-state index is 0.224. The largest absolute Gasteiger partial charge is 0.390 e. The average molecular weight is 200 g/mol. The predicted molar refractivity (Wildman–Crippen MR) is 59.4 cm³/mol. The fourth-order valence-electron chi connectivity index (χ4n) is 1.97. The molecule has 0 amide bonds. The van der Waals surface area contributed by atoms with Gasteiger partial charge in [-0.15, -0.1) is 0 Å². The van der Waals surface area contributed by atoms with E-state index in [1.54, 1.807) is 0 Å². The number of aliphatic hydroxyl groups excluding tert-OH is 1. The lowest BCUT2D eigenvalue weighted by Crippen LogP contribution is -2.41. The number of aliphatic hydroxyl groups is 1. The lowest BCUT2D eigenvalue weighted by atomic mass is 10.2. The molecule has 2 atom stereocenters. The van der Waals surface area contributed by atoms with E-state index in [9.17, 15) is 5.11 Å². The first kappa shape index (κ1) is 12.0. The molecule has 0 aromatic carbocycles. The highest BCUT2D eigenvalue weighted by molar-refractivity contribution is 4.78. The molecule has 1 aliphatic rings. The van der Waals surface area contributed by atoms with Crippen molar-refractivity contribution in [3.63, 3.8) is 0 Å². The van der Waals surface area contributed by atoms with Gasteiger partial charge in [0.05, 0.1) is 6.10 Å². The van der Waals surface area contributed by atoms with Gasteiger partial charge in [0.15, 0.2) is 0 Å². The van der Waals surface area contributed by atoms with Crippen molar-refractivity contribution in [3.8, 4) is 0 Å². The molecule has 1 aliphatic heterocycles. The van der Waals surface area contributed by atoms with Gasteiger partial charge >= 0.3 is 0 Å². The summed E-state index contributed by atoms with van der Waals surface area (Å²) < 4.78 is 0. The summed E-state index contributed by atoms with van der Waals surface area (Å²) in [6, 6.07) is 1.12. The van der Waals surface area contributed by atoms with Gasteiger partial charge in [-0.3, -0.25) is 4.90 Å². The molecule has 0 radical (unpaired) electrons. The molecule has 84 valence electrons. The summed E-state index contributed by atoms with van der Waals surface area (Å²) in [4.78, 5) is 2.38. The molecular weight excluding hydrogens is 176 g/mol. The van der Waals surface area contributed by atoms with Crippen molar-refractivity contribution < 1.29 is 5.11 Å². The Labute approximate surface area is 87.5 Å². The normalized spacial score (nSPS) is 25.9. The van der Waals surface area contributed by atoms with E-state index in [0.717, 1.165) is 13.1 Å². The molecule has 2 unspecified atom stereocenters. The Morgan fingerprint density at radius 2 is 2.21 bits per heavy atom. The van der Waals surface area contributed by atoms with Crippen LogP contribution in [0.1, 0.15) is 33.6 Å². The van der Waals surface area contributed by atoms with E-state index in [1.165, 1.54) is 12.8 Å². The van der Waals surface area contributed by atoms with Crippen LogP contribution in [0.25, 0.3) is 0 Å². The fraction of sp³-hybridized carbons (Fsp3) is 1.00. The van der Waals surface area contributed by atoms with Gasteiger partial charge in [0.2, 0.25) is 0 Å². The molecule has 3 nitrogen and oxygen atoms in total. The summed E-state index contributed by atoms with van der Waals surface area (Å²) in [6.45, 7) is 9.13. The zero-order valence-corrected chi connectivity index (χ0v) is 9.66. The summed E-state index contributed by atoms with van der Waals surface area (Å²) >= 11 is 0. The Kier molecular flexibility index (Phi) is 4.85. The van der Waals surface area contributed by atoms with Gasteiger partial charge in [0.25, 0.3) is 0 Å². The summed E-state index contributed by atoms with van der Waals surface area (Å²) in [6.07, 6.45) is 2.34. The topological polar surface area (TPSA) is 35.5 Å². The highest BCUT2D eigenvalue weighted by Crippen LogP contribution is 2.16. The smallest absolute Gasteiger partial charge is 0.0791 e. The first-order chi connectivity index (χ1) is 6.59. The third-order valence-corrected chi connectivity index (χ3v) is 2.90. The van der Waals surface area contributed by atoms with E-state index in [2.05, 4.69) is 31.0 Å². The molecule has 2 N–H and O–H groups in total. The first-order valence-corrected chi connectivity index (χ1v) is 5.75. The van der Waals surface area contributed by atoms with E-state index in [1.807, 2.05) is 0 Å². The first-order valence-electron chi connectivity index (χ1n) is 5.75. The van der Waals surface area contributed by atoms with Gasteiger partial charge < -0.3 is 10.4 Å². The molecule has 14 heavy (non-hydrogen) atoms. The van der Waals surface area contributed by atoms with E-state index in [-0.39, 0.29) is 6.10 Å². The van der Waals surface area contributed by atoms with Crippen LogP contribution in [0.15, 0.2) is 0 Å². The number of rotatable bonds is 5. The molecule has 0 aliphatic carbocycles. The Hall–Kier alpha value is -0.120. The summed E-state index contributed by atoms with van der Waals surface area (Å²) in [5.41, 5.74) is 0. The Balaban J connectivity index is 2.16. The lowest BCUT2D eigenvalue weighted by Gasteiger charge is -2.24. The quantitative estimate of drug-likeness (QED) is 0.690. The average Bonchev–Trinajstić information content (AvgIpc) is 2.49. The van der Waals surface area contributed by atoms with Crippen molar-refractivity contribution in [2.24, 2.45) is 0 Å². The number of β-amino-alcohol motifs (C(OH)–C–C–N with tert-alkyl or cyclic N) is 1. The van der Waals surface area contributed by atoms with Crippen molar-refractivity contribution in [2.75, 3.05) is 19.6 Å². The van der Waals surface area contributed by atoms with E-state index in [4.69, 9.17) is 0 Å². The van der Waals surface area contributed by atoms with Crippen LogP contribution >= 0.6 is 0 Å². The van der Waals surface area contributed by atoms with Crippen LogP contribution in [0.4, 0.5) is 0 Å². The third kappa shape index (κ3) is 3.95. The Morgan fingerprint density at radius 1 is 1.50 bits per heavy atom. The van der Waals surface area contributed by atoms with Gasteiger partial charge in [0, 0.05) is 25.2 Å². The van der Waals surface area contributed by atoms with Crippen molar-refractivity contribution in [2.45, 2.75) is 51.8 Å². The molecule has 0 saturated carbocycles. The summed E-state index contributed by atoms with van der Waals surface area (Å²) in [5.74, 6) is 0. The molecule has 0 bridgehead atoms. The van der Waals surface area contributed by atoms with Crippen LogP contribution in [-0.4, -0.2) is 47.8 Å². The number of hydrogen-bond donors (Lipinski definition) is 2. The molecule has 0 aromatic rings. The molecule has 1 heterocycles. The number of nitrogens with one attached hydrogen (secondary N) is 1. The van der Waals surface area contributed by atoms with Crippen LogP contribution < -0.4 is 5.32 Å². The molecule has 1 saturated heterocycles. The van der Waals surface area contributed by atoms with E-state index >= 15 is 0 Å². The minimum atomic E-state index is -0.224. The van der Waals surface area contributed by atoms with Crippen molar-refractivity contribution >= 4 is 0 Å². The van der Waals surface area contributed by atoms with Crippen LogP contribution in [0.5, 0.6) is 0 Å². The fourth-order valence-corrected chi connectivity index (χ4v) is 1.97. The van der Waals surface area contributed by atoms with E-state index < -0.39 is 0 Å². The molecule has 0 aromatic heterocycles. The molecule has 1 rings (SSSR count). The Morgan fingerprint density at radius 3 is 2.71 bits per heavy atom. The minimum Gasteiger partial charge on any atom is -0.390 e. The molecule has 3 heteroatoms. The number of nitrogens with zero attached hydrogens (tertiary/aromatic N) is 1. The molecule has 0 spiro atoms. The van der Waals surface area contributed by atoms with Gasteiger partial charge in [-0.25, -0.2) is 0 Å². The SMILES string of the molecule is CC(C)NCC(O)CN1CCCC1C. The standard InChI is InChI=1S/C11H24N2O/c1-9(2)12-7-11(14)8-13-6-4-5-10(13)3/h9-12,14H,4-8H2,1-3H3. The van der Waals surface area contributed by atoms with Crippen LogP contribution in [0, 0.1) is 0 Å². The number of hydrogen-bond acceptors (Lipinski definition) is 3. The van der Waals surface area contributed by atoms with Gasteiger partial charge in [0.1, 0.15) is 0 Å². The van der Waals surface area contributed by atoms with Crippen molar-refractivity contribution in [1.82, 2.24) is 10.2 Å². The van der Waals surface area contributed by atoms with Gasteiger partial charge in [-0.05, 0) is 26.3 Å². The second-order valence-corrected chi connectivity index (χ2v) is 4.70. The van der Waals surface area contributed by atoms with Gasteiger partial charge in [-0.1, -0.05) is 13.8 Å². The van der Waals surface area contributed by atoms with Crippen LogP contribution in [-0.2, 0) is 0 Å². The van der Waals surface area contributed by atoms with E-state index in [0.29, 0.717) is 18.6 Å². The molecular formula is C11H24N2O. The maximum absolute atomic E-state index is 9.77. The zero-order valence-electron chi connectivity index (χ0n) is 9.66. The third-order valence-electron chi connectivity index (χ3n) is 2.90. The predicted octanol–water partition coefficient (Wildman–Crippen LogP) is 0.830. The Bertz CT molecular complexity index is 161. The highest BCUT2D eigenvalue weighted by Gasteiger charge is 2.22. The highest BCUT2D eigenvalue weighted by atomic mass is 16.3. The maximum atomic E-state index is 9.77. The monoisotopic (exact) mass is 200 g/mol. The summed E-state index contributed by atoms with van der Waals surface area (Å²) in [7, 11) is 0.